The molecule has 1 aliphatic heterocycles. The van der Waals surface area contributed by atoms with Crippen LogP contribution in [0.25, 0.3) is 22.2 Å². The molecular formula is C26H32FN3O4Si. The van der Waals surface area contributed by atoms with Gasteiger partial charge in [-0.15, -0.1) is 0 Å². The van der Waals surface area contributed by atoms with Gasteiger partial charge in [-0.2, -0.15) is 0 Å². The number of carboxylic acids is 1. The van der Waals surface area contributed by atoms with Crippen molar-refractivity contribution in [1.82, 2.24) is 14.9 Å². The molecular weight excluding hydrogens is 465 g/mol. The van der Waals surface area contributed by atoms with Crippen LogP contribution in [0.5, 0.6) is 5.75 Å². The largest absolute Gasteiger partial charge is 0.496 e. The highest BCUT2D eigenvalue weighted by Gasteiger charge is 2.31. The Kier molecular flexibility index (Phi) is 7.27. The van der Waals surface area contributed by atoms with Gasteiger partial charge >= 0.3 is 5.97 Å². The molecule has 9 heteroatoms. The number of rotatable bonds is 9. The van der Waals surface area contributed by atoms with Crippen molar-refractivity contribution in [3.05, 3.63) is 59.8 Å². The van der Waals surface area contributed by atoms with Crippen molar-refractivity contribution in [3.63, 3.8) is 0 Å². The lowest BCUT2D eigenvalue weighted by molar-refractivity contribution is 0.0692. The van der Waals surface area contributed by atoms with E-state index in [1.807, 2.05) is 16.8 Å². The van der Waals surface area contributed by atoms with Crippen molar-refractivity contribution < 1.29 is 23.8 Å². The van der Waals surface area contributed by atoms with Gasteiger partial charge in [0.2, 0.25) is 0 Å². The van der Waals surface area contributed by atoms with Crippen LogP contribution in [0.2, 0.25) is 25.7 Å². The minimum absolute atomic E-state index is 0.126. The van der Waals surface area contributed by atoms with Crippen LogP contribution in [-0.2, 0) is 11.5 Å². The zero-order valence-electron chi connectivity index (χ0n) is 20.6. The number of fused-ring (bicyclic) bond motifs is 1. The first-order valence-corrected chi connectivity index (χ1v) is 15.5. The van der Waals surface area contributed by atoms with Crippen LogP contribution in [-0.4, -0.2) is 49.0 Å². The molecule has 3 heterocycles. The van der Waals surface area contributed by atoms with Crippen LogP contribution >= 0.6 is 0 Å². The monoisotopic (exact) mass is 497 g/mol. The fourth-order valence-corrected chi connectivity index (χ4v) is 5.25. The van der Waals surface area contributed by atoms with Gasteiger partial charge in [0, 0.05) is 50.0 Å². The van der Waals surface area contributed by atoms with Crippen LogP contribution in [0.1, 0.15) is 28.4 Å². The summed E-state index contributed by atoms with van der Waals surface area (Å²) in [6.45, 7) is 8.38. The number of carboxylic acid groups (broad SMARTS) is 1. The summed E-state index contributed by atoms with van der Waals surface area (Å²) in [5, 5.41) is 14.1. The van der Waals surface area contributed by atoms with Gasteiger partial charge in [0.05, 0.1) is 12.7 Å². The molecule has 35 heavy (non-hydrogen) atoms. The molecule has 0 amide bonds. The second-order valence-corrected chi connectivity index (χ2v) is 15.6. The highest BCUT2D eigenvalue weighted by molar-refractivity contribution is 6.76. The number of aromatic nitrogens is 2. The second kappa shape index (κ2) is 10.2. The predicted molar refractivity (Wildman–Crippen MR) is 137 cm³/mol. The second-order valence-electron chi connectivity index (χ2n) is 9.95. The third kappa shape index (κ3) is 5.25. The summed E-state index contributed by atoms with van der Waals surface area (Å²) in [6.07, 6.45) is 6.19. The SMILES string of the molecule is COc1ccc(F)cc1-c1ccnc2c1c(C(=O)O)c(C1C=CNCC1)n2COCC[Si](C)(C)C. The molecule has 0 saturated carbocycles. The van der Waals surface area contributed by atoms with E-state index in [2.05, 4.69) is 29.9 Å². The number of hydrogen-bond donors (Lipinski definition) is 2. The van der Waals surface area contributed by atoms with E-state index in [1.54, 1.807) is 18.3 Å². The molecule has 4 rings (SSSR count). The van der Waals surface area contributed by atoms with E-state index >= 15 is 0 Å². The third-order valence-electron chi connectivity index (χ3n) is 6.26. The third-order valence-corrected chi connectivity index (χ3v) is 7.97. The molecule has 1 atom stereocenters. The number of pyridine rings is 1. The predicted octanol–water partition coefficient (Wildman–Crippen LogP) is 5.45. The summed E-state index contributed by atoms with van der Waals surface area (Å²) in [5.41, 5.74) is 2.35. The number of halogens is 1. The molecule has 0 aliphatic carbocycles. The maximum Gasteiger partial charge on any atom is 0.338 e. The Morgan fingerprint density at radius 2 is 2.09 bits per heavy atom. The maximum atomic E-state index is 14.3. The fraction of sp³-hybridized carbons (Fsp3) is 0.385. The summed E-state index contributed by atoms with van der Waals surface area (Å²) in [7, 11) is 0.221. The molecule has 1 aromatic carbocycles. The number of hydrogen-bond acceptors (Lipinski definition) is 5. The molecule has 0 bridgehead atoms. The zero-order chi connectivity index (χ0) is 25.2. The molecule has 0 radical (unpaired) electrons. The van der Waals surface area contributed by atoms with Crippen LogP contribution in [0.4, 0.5) is 4.39 Å². The van der Waals surface area contributed by atoms with E-state index in [0.29, 0.717) is 40.2 Å². The van der Waals surface area contributed by atoms with E-state index in [0.717, 1.165) is 19.0 Å². The maximum absolute atomic E-state index is 14.3. The Morgan fingerprint density at radius 1 is 1.29 bits per heavy atom. The van der Waals surface area contributed by atoms with E-state index in [-0.39, 0.29) is 18.2 Å². The van der Waals surface area contributed by atoms with Crippen LogP contribution in [0.3, 0.4) is 0 Å². The van der Waals surface area contributed by atoms with Gasteiger partial charge in [0.15, 0.2) is 0 Å². The first-order valence-electron chi connectivity index (χ1n) is 11.8. The lowest BCUT2D eigenvalue weighted by Gasteiger charge is -2.21. The molecule has 3 aromatic rings. The number of carbonyl (C=O) groups is 1. The topological polar surface area (TPSA) is 85.6 Å². The van der Waals surface area contributed by atoms with E-state index in [9.17, 15) is 14.3 Å². The summed E-state index contributed by atoms with van der Waals surface area (Å²) in [5.74, 6) is -1.15. The molecule has 2 aromatic heterocycles. The first kappa shape index (κ1) is 24.9. The molecule has 1 aliphatic rings. The minimum atomic E-state index is -1.29. The number of aromatic carboxylic acids is 1. The zero-order valence-corrected chi connectivity index (χ0v) is 21.6. The number of allylic oxidation sites excluding steroid dienone is 1. The minimum Gasteiger partial charge on any atom is -0.496 e. The normalized spacial score (nSPS) is 15.9. The Bertz CT molecular complexity index is 1270. The lowest BCUT2D eigenvalue weighted by atomic mass is 9.93. The summed E-state index contributed by atoms with van der Waals surface area (Å²) in [4.78, 5) is 17.3. The van der Waals surface area contributed by atoms with Crippen LogP contribution in [0.15, 0.2) is 42.7 Å². The number of methoxy groups -OCH3 is 1. The average molecular weight is 498 g/mol. The van der Waals surface area contributed by atoms with E-state index in [4.69, 9.17) is 9.47 Å². The van der Waals surface area contributed by atoms with Gasteiger partial charge in [-0.3, -0.25) is 0 Å². The smallest absolute Gasteiger partial charge is 0.338 e. The summed E-state index contributed by atoms with van der Waals surface area (Å²) in [6, 6.07) is 6.95. The standard InChI is InChI=1S/C26H32FN3O4Si/c1-33-21-6-5-18(27)15-20(21)19-9-12-29-25-22(19)23(26(31)32)24(17-7-10-28-11-8-17)30(25)16-34-13-14-35(2,3)4/h5-7,9-10,12,15,17,28H,8,11,13-14,16H2,1-4H3,(H,31,32). The Morgan fingerprint density at radius 3 is 2.74 bits per heavy atom. The van der Waals surface area contributed by atoms with Gasteiger partial charge < -0.3 is 24.5 Å². The highest BCUT2D eigenvalue weighted by Crippen LogP contribution is 2.41. The van der Waals surface area contributed by atoms with Gasteiger partial charge in [-0.05, 0) is 48.5 Å². The van der Waals surface area contributed by atoms with Crippen LogP contribution < -0.4 is 10.1 Å². The van der Waals surface area contributed by atoms with E-state index in [1.165, 1.54) is 19.2 Å². The molecule has 0 spiro atoms. The molecule has 7 nitrogen and oxygen atoms in total. The van der Waals surface area contributed by atoms with Crippen LogP contribution in [0, 0.1) is 5.82 Å². The summed E-state index contributed by atoms with van der Waals surface area (Å²) < 4.78 is 27.7. The Hall–Kier alpha value is -3.17. The van der Waals surface area contributed by atoms with E-state index < -0.39 is 19.9 Å². The molecule has 0 saturated heterocycles. The van der Waals surface area contributed by atoms with Crippen molar-refractivity contribution in [2.24, 2.45) is 0 Å². The fourth-order valence-electron chi connectivity index (χ4n) is 4.49. The summed E-state index contributed by atoms with van der Waals surface area (Å²) >= 11 is 0. The van der Waals surface area contributed by atoms with Crippen molar-refractivity contribution in [1.29, 1.82) is 0 Å². The number of nitrogens with zero attached hydrogens (tertiary/aromatic N) is 2. The van der Waals surface area contributed by atoms with Gasteiger partial charge in [0.25, 0.3) is 0 Å². The van der Waals surface area contributed by atoms with Crippen molar-refractivity contribution >= 4 is 25.1 Å². The number of ether oxygens (including phenoxy) is 2. The van der Waals surface area contributed by atoms with Gasteiger partial charge in [-0.25, -0.2) is 14.2 Å². The number of nitrogens with one attached hydrogen (secondary N) is 1. The highest BCUT2D eigenvalue weighted by atomic mass is 28.3. The van der Waals surface area contributed by atoms with Gasteiger partial charge in [0.1, 0.15) is 23.9 Å². The Balaban J connectivity index is 1.94. The first-order chi connectivity index (χ1) is 16.7. The molecule has 0 fully saturated rings. The van der Waals surface area contributed by atoms with Crippen molar-refractivity contribution in [2.75, 3.05) is 20.3 Å². The Labute approximate surface area is 205 Å². The molecule has 2 N–H and O–H groups in total. The van der Waals surface area contributed by atoms with Crippen molar-refractivity contribution in [2.45, 2.75) is 44.8 Å². The van der Waals surface area contributed by atoms with Crippen molar-refractivity contribution in [3.8, 4) is 16.9 Å². The lowest BCUT2D eigenvalue weighted by Crippen LogP contribution is -2.23. The molecule has 186 valence electrons. The molecule has 1 unspecified atom stereocenters. The average Bonchev–Trinajstić information content (AvgIpc) is 3.16. The number of benzene rings is 1. The van der Waals surface area contributed by atoms with Gasteiger partial charge in [-0.1, -0.05) is 25.7 Å². The quantitative estimate of drug-likeness (QED) is 0.302.